The lowest BCUT2D eigenvalue weighted by Crippen LogP contribution is -2.36. The number of rotatable bonds is 7. The van der Waals surface area contributed by atoms with Crippen LogP contribution in [0.4, 0.5) is 0 Å². The molecular formula is C21H26N3O2+. The second-order valence-corrected chi connectivity index (χ2v) is 6.70. The Labute approximate surface area is 154 Å². The van der Waals surface area contributed by atoms with E-state index in [9.17, 15) is 4.79 Å². The summed E-state index contributed by atoms with van der Waals surface area (Å²) < 4.78 is 11.4. The van der Waals surface area contributed by atoms with Gasteiger partial charge in [-0.1, -0.05) is 18.7 Å². The van der Waals surface area contributed by atoms with Crippen molar-refractivity contribution in [3.8, 4) is 0 Å². The number of benzene rings is 1. The zero-order valence-corrected chi connectivity index (χ0v) is 15.9. The number of methoxy groups -OCH3 is 1. The van der Waals surface area contributed by atoms with Gasteiger partial charge in [-0.3, -0.25) is 4.79 Å². The first kappa shape index (κ1) is 18.1. The molecule has 2 aromatic heterocycles. The molecule has 0 aliphatic rings. The quantitative estimate of drug-likeness (QED) is 0.482. The lowest BCUT2D eigenvalue weighted by Gasteiger charge is -2.17. The molecule has 3 aromatic rings. The van der Waals surface area contributed by atoms with Gasteiger partial charge in [-0.2, -0.15) is 0 Å². The number of nitrogens with zero attached hydrogens (tertiary/aromatic N) is 3. The SMILES string of the molecule is C=Cn1c[n+](CC(=O)c2cc(C)n([C@@H](C)COC)c2C)c2ccccc21. The number of ketones is 1. The highest BCUT2D eigenvalue weighted by molar-refractivity contribution is 5.96. The van der Waals surface area contributed by atoms with Gasteiger partial charge in [0.1, 0.15) is 0 Å². The molecule has 0 fully saturated rings. The summed E-state index contributed by atoms with van der Waals surface area (Å²) in [6, 6.07) is 10.2. The van der Waals surface area contributed by atoms with Crippen molar-refractivity contribution >= 4 is 23.0 Å². The van der Waals surface area contributed by atoms with Crippen LogP contribution in [0.15, 0.2) is 43.2 Å². The standard InChI is InChI=1S/C21H26N3O2/c1-6-22-14-23(20-10-8-7-9-19(20)22)12-21(25)18-11-15(2)24(17(18)4)16(3)13-26-5/h6-11,14,16H,1,12-13H2,2-5H3/q+1/t16-/m0/s1. The van der Waals surface area contributed by atoms with Gasteiger partial charge in [0.2, 0.25) is 12.1 Å². The fraction of sp³-hybridized carbons (Fsp3) is 0.333. The van der Waals surface area contributed by atoms with Gasteiger partial charge in [0.25, 0.3) is 0 Å². The Hall–Kier alpha value is -2.66. The van der Waals surface area contributed by atoms with E-state index in [0.29, 0.717) is 13.2 Å². The molecule has 0 aliphatic heterocycles. The summed E-state index contributed by atoms with van der Waals surface area (Å²) >= 11 is 0. The van der Waals surface area contributed by atoms with Crippen LogP contribution in [0.3, 0.4) is 0 Å². The smallest absolute Gasteiger partial charge is 0.249 e. The predicted octanol–water partition coefficient (Wildman–Crippen LogP) is 3.54. The average Bonchev–Trinajstić information content (AvgIpc) is 3.12. The number of carbonyl (C=O) groups is 1. The average molecular weight is 352 g/mol. The molecule has 5 heteroatoms. The predicted molar refractivity (Wildman–Crippen MR) is 103 cm³/mol. The number of carbonyl (C=O) groups excluding carboxylic acids is 1. The third-order valence-electron chi connectivity index (χ3n) is 4.88. The van der Waals surface area contributed by atoms with E-state index in [1.165, 1.54) is 0 Å². The van der Waals surface area contributed by atoms with Crippen LogP contribution in [0, 0.1) is 13.8 Å². The Morgan fingerprint density at radius 3 is 2.77 bits per heavy atom. The van der Waals surface area contributed by atoms with Crippen LogP contribution < -0.4 is 4.57 Å². The van der Waals surface area contributed by atoms with Gasteiger partial charge in [0, 0.05) is 24.1 Å². The number of aromatic nitrogens is 3. The van der Waals surface area contributed by atoms with Crippen molar-refractivity contribution in [2.75, 3.05) is 13.7 Å². The molecule has 2 heterocycles. The fourth-order valence-corrected chi connectivity index (χ4v) is 3.76. The van der Waals surface area contributed by atoms with E-state index in [1.807, 2.05) is 59.6 Å². The van der Waals surface area contributed by atoms with Crippen molar-refractivity contribution in [2.24, 2.45) is 0 Å². The minimum atomic E-state index is 0.103. The monoisotopic (exact) mass is 352 g/mol. The van der Waals surface area contributed by atoms with E-state index in [4.69, 9.17) is 4.74 Å². The van der Waals surface area contributed by atoms with Gasteiger partial charge in [0.05, 0.1) is 18.8 Å². The molecule has 3 rings (SSSR count). The van der Waals surface area contributed by atoms with Crippen LogP contribution in [-0.2, 0) is 11.3 Å². The summed E-state index contributed by atoms with van der Waals surface area (Å²) in [4.78, 5) is 13.0. The van der Waals surface area contributed by atoms with E-state index in [0.717, 1.165) is 28.0 Å². The molecule has 0 amide bonds. The maximum atomic E-state index is 13.0. The zero-order chi connectivity index (χ0) is 18.8. The molecule has 0 spiro atoms. The Kier molecular flexibility index (Phi) is 5.09. The number of imidazole rings is 1. The van der Waals surface area contributed by atoms with Gasteiger partial charge in [-0.05, 0) is 39.0 Å². The Balaban J connectivity index is 1.95. The summed E-state index contributed by atoms with van der Waals surface area (Å²) in [5.41, 5.74) is 4.89. The fourth-order valence-electron chi connectivity index (χ4n) is 3.76. The Bertz CT molecular complexity index is 965. The number of para-hydroxylation sites is 2. The second kappa shape index (κ2) is 7.30. The molecular weight excluding hydrogens is 326 g/mol. The largest absolute Gasteiger partial charge is 0.383 e. The number of hydrogen-bond acceptors (Lipinski definition) is 2. The Morgan fingerprint density at radius 1 is 1.35 bits per heavy atom. The van der Waals surface area contributed by atoms with E-state index < -0.39 is 0 Å². The molecule has 1 atom stereocenters. The van der Waals surface area contributed by atoms with E-state index in [1.54, 1.807) is 13.3 Å². The summed E-state index contributed by atoms with van der Waals surface area (Å²) in [5.74, 6) is 0.103. The lowest BCUT2D eigenvalue weighted by molar-refractivity contribution is -0.657. The van der Waals surface area contributed by atoms with Crippen molar-refractivity contribution in [1.82, 2.24) is 9.13 Å². The first-order valence-corrected chi connectivity index (χ1v) is 8.80. The summed E-state index contributed by atoms with van der Waals surface area (Å²) in [5, 5.41) is 0. The van der Waals surface area contributed by atoms with Gasteiger partial charge >= 0.3 is 0 Å². The number of ether oxygens (including phenoxy) is 1. The maximum Gasteiger partial charge on any atom is 0.249 e. The molecule has 0 saturated heterocycles. The molecule has 0 radical (unpaired) electrons. The van der Waals surface area contributed by atoms with Gasteiger partial charge in [0.15, 0.2) is 17.6 Å². The highest BCUT2D eigenvalue weighted by Gasteiger charge is 2.22. The first-order chi connectivity index (χ1) is 12.5. The van der Waals surface area contributed by atoms with Crippen molar-refractivity contribution in [2.45, 2.75) is 33.4 Å². The Morgan fingerprint density at radius 2 is 2.08 bits per heavy atom. The van der Waals surface area contributed by atoms with Crippen LogP contribution in [0.1, 0.15) is 34.7 Å². The zero-order valence-electron chi connectivity index (χ0n) is 15.9. The molecule has 136 valence electrons. The molecule has 5 nitrogen and oxygen atoms in total. The molecule has 0 aliphatic carbocycles. The first-order valence-electron chi connectivity index (χ1n) is 8.80. The minimum absolute atomic E-state index is 0.103. The highest BCUT2D eigenvalue weighted by Crippen LogP contribution is 2.21. The summed E-state index contributed by atoms with van der Waals surface area (Å²) in [6.07, 6.45) is 3.67. The van der Waals surface area contributed by atoms with Crippen LogP contribution >= 0.6 is 0 Å². The van der Waals surface area contributed by atoms with Crippen LogP contribution in [0.5, 0.6) is 0 Å². The number of fused-ring (bicyclic) bond motifs is 1. The van der Waals surface area contributed by atoms with Crippen molar-refractivity contribution < 1.29 is 14.1 Å². The van der Waals surface area contributed by atoms with Gasteiger partial charge in [-0.25, -0.2) is 9.13 Å². The summed E-state index contributed by atoms with van der Waals surface area (Å²) in [6.45, 7) is 10.9. The van der Waals surface area contributed by atoms with E-state index >= 15 is 0 Å². The molecule has 0 saturated carbocycles. The third kappa shape index (κ3) is 3.10. The van der Waals surface area contributed by atoms with Gasteiger partial charge < -0.3 is 9.30 Å². The number of aryl methyl sites for hydroxylation is 1. The van der Waals surface area contributed by atoms with E-state index in [-0.39, 0.29) is 11.8 Å². The second-order valence-electron chi connectivity index (χ2n) is 6.70. The maximum absolute atomic E-state index is 13.0. The van der Waals surface area contributed by atoms with Crippen molar-refractivity contribution in [3.05, 3.63) is 60.2 Å². The molecule has 0 bridgehead atoms. The summed E-state index contributed by atoms with van der Waals surface area (Å²) in [7, 11) is 1.70. The van der Waals surface area contributed by atoms with Crippen LogP contribution in [0.2, 0.25) is 0 Å². The van der Waals surface area contributed by atoms with Crippen LogP contribution in [0.25, 0.3) is 17.2 Å². The number of hydrogen-bond donors (Lipinski definition) is 0. The topological polar surface area (TPSA) is 40.0 Å². The van der Waals surface area contributed by atoms with Gasteiger partial charge in [-0.15, -0.1) is 0 Å². The minimum Gasteiger partial charge on any atom is -0.383 e. The third-order valence-corrected chi connectivity index (χ3v) is 4.88. The molecule has 1 aromatic carbocycles. The molecule has 0 N–H and O–H groups in total. The highest BCUT2D eigenvalue weighted by atomic mass is 16.5. The van der Waals surface area contributed by atoms with Crippen molar-refractivity contribution in [3.63, 3.8) is 0 Å². The number of Topliss-reactive ketones (excluding diaryl/α,β-unsaturated/α-hetero) is 1. The molecule has 26 heavy (non-hydrogen) atoms. The normalized spacial score (nSPS) is 12.5. The van der Waals surface area contributed by atoms with E-state index in [2.05, 4.69) is 18.1 Å². The lowest BCUT2D eigenvalue weighted by atomic mass is 10.1. The van der Waals surface area contributed by atoms with Crippen molar-refractivity contribution in [1.29, 1.82) is 0 Å². The van der Waals surface area contributed by atoms with Crippen LogP contribution in [-0.4, -0.2) is 28.6 Å². The molecule has 0 unspecified atom stereocenters.